The zero-order valence-corrected chi connectivity index (χ0v) is 13.2. The third-order valence-electron chi connectivity index (χ3n) is 3.86. The smallest absolute Gasteiger partial charge is 0.0661 e. The highest BCUT2D eigenvalue weighted by atomic mass is 35.5. The molecular weight excluding hydrogens is 274 g/mol. The minimum atomic E-state index is -0.133. The Morgan fingerprint density at radius 1 is 1.21 bits per heavy atom. The highest BCUT2D eigenvalue weighted by Crippen LogP contribution is 2.33. The zero-order valence-electron chi connectivity index (χ0n) is 11.6. The lowest BCUT2D eigenvalue weighted by Gasteiger charge is -2.24. The standard InChI is InChI=1S/C16H20ClNS/c1-4-16(2,3)12-7-5-11(6-8-12)14(18)15-13(17)9-10-19-15/h5-10,14H,4,18H2,1-3H3. The predicted octanol–water partition coefficient (Wildman–Crippen LogP) is 5.14. The van der Waals surface area contributed by atoms with Crippen LogP contribution in [0.5, 0.6) is 0 Å². The van der Waals surface area contributed by atoms with Gasteiger partial charge in [-0.05, 0) is 34.4 Å². The molecule has 1 nitrogen and oxygen atoms in total. The van der Waals surface area contributed by atoms with Crippen LogP contribution in [0.1, 0.15) is 49.2 Å². The van der Waals surface area contributed by atoms with Crippen molar-refractivity contribution in [1.82, 2.24) is 0 Å². The lowest BCUT2D eigenvalue weighted by Crippen LogP contribution is -2.16. The Kier molecular flexibility index (Phi) is 4.34. The molecule has 3 heteroatoms. The number of thiophene rings is 1. The van der Waals surface area contributed by atoms with Crippen molar-refractivity contribution in [3.05, 3.63) is 56.7 Å². The summed E-state index contributed by atoms with van der Waals surface area (Å²) in [5.41, 5.74) is 8.95. The minimum absolute atomic E-state index is 0.133. The Balaban J connectivity index is 2.26. The molecule has 2 aromatic rings. The molecule has 0 amide bonds. The number of halogens is 1. The largest absolute Gasteiger partial charge is 0.320 e. The van der Waals surface area contributed by atoms with Crippen molar-refractivity contribution < 1.29 is 0 Å². The lowest BCUT2D eigenvalue weighted by molar-refractivity contribution is 0.506. The highest BCUT2D eigenvalue weighted by Gasteiger charge is 2.19. The van der Waals surface area contributed by atoms with Crippen LogP contribution >= 0.6 is 22.9 Å². The Bertz CT molecular complexity index is 542. The van der Waals surface area contributed by atoms with E-state index in [4.69, 9.17) is 17.3 Å². The van der Waals surface area contributed by atoms with Gasteiger partial charge >= 0.3 is 0 Å². The summed E-state index contributed by atoms with van der Waals surface area (Å²) in [6, 6.07) is 10.4. The SMILES string of the molecule is CCC(C)(C)c1ccc(C(N)c2sccc2Cl)cc1. The molecule has 0 fully saturated rings. The first-order chi connectivity index (χ1) is 8.95. The number of rotatable bonds is 4. The fourth-order valence-electron chi connectivity index (χ4n) is 2.02. The molecule has 1 heterocycles. The van der Waals surface area contributed by atoms with Gasteiger partial charge in [0.1, 0.15) is 0 Å². The molecule has 1 aromatic heterocycles. The second kappa shape index (κ2) is 5.66. The van der Waals surface area contributed by atoms with Gasteiger partial charge in [0.2, 0.25) is 0 Å². The number of nitrogens with two attached hydrogens (primary N) is 1. The van der Waals surface area contributed by atoms with E-state index in [0.29, 0.717) is 0 Å². The molecule has 2 N–H and O–H groups in total. The maximum Gasteiger partial charge on any atom is 0.0661 e. The van der Waals surface area contributed by atoms with Gasteiger partial charge in [-0.2, -0.15) is 0 Å². The van der Waals surface area contributed by atoms with E-state index in [9.17, 15) is 0 Å². The van der Waals surface area contributed by atoms with Crippen molar-refractivity contribution in [1.29, 1.82) is 0 Å². The number of benzene rings is 1. The topological polar surface area (TPSA) is 26.0 Å². The first kappa shape index (κ1) is 14.6. The van der Waals surface area contributed by atoms with E-state index in [-0.39, 0.29) is 11.5 Å². The third kappa shape index (κ3) is 3.02. The van der Waals surface area contributed by atoms with Crippen LogP contribution in [0.4, 0.5) is 0 Å². The highest BCUT2D eigenvalue weighted by molar-refractivity contribution is 7.10. The monoisotopic (exact) mass is 293 g/mol. The van der Waals surface area contributed by atoms with E-state index in [1.54, 1.807) is 11.3 Å². The predicted molar refractivity (Wildman–Crippen MR) is 85.1 cm³/mol. The molecule has 1 aromatic carbocycles. The molecule has 1 atom stereocenters. The van der Waals surface area contributed by atoms with Crippen molar-refractivity contribution >= 4 is 22.9 Å². The molecule has 0 aliphatic heterocycles. The van der Waals surface area contributed by atoms with Gasteiger partial charge in [-0.25, -0.2) is 0 Å². The van der Waals surface area contributed by atoms with Gasteiger partial charge in [0.15, 0.2) is 0 Å². The normalized spacial score (nSPS) is 13.5. The lowest BCUT2D eigenvalue weighted by atomic mass is 9.82. The summed E-state index contributed by atoms with van der Waals surface area (Å²) in [4.78, 5) is 1.03. The summed E-state index contributed by atoms with van der Waals surface area (Å²) in [7, 11) is 0. The molecule has 0 aliphatic rings. The molecule has 102 valence electrons. The second-order valence-electron chi connectivity index (χ2n) is 5.47. The van der Waals surface area contributed by atoms with Crippen molar-refractivity contribution in [2.45, 2.75) is 38.6 Å². The molecule has 19 heavy (non-hydrogen) atoms. The third-order valence-corrected chi connectivity index (χ3v) is 5.30. The zero-order chi connectivity index (χ0) is 14.0. The molecule has 0 radical (unpaired) electrons. The molecule has 1 unspecified atom stereocenters. The number of hydrogen-bond donors (Lipinski definition) is 1. The van der Waals surface area contributed by atoms with Gasteiger partial charge in [0.25, 0.3) is 0 Å². The van der Waals surface area contributed by atoms with Crippen LogP contribution in [-0.4, -0.2) is 0 Å². The Morgan fingerprint density at radius 3 is 2.32 bits per heavy atom. The number of hydrogen-bond acceptors (Lipinski definition) is 2. The van der Waals surface area contributed by atoms with Crippen LogP contribution in [0.2, 0.25) is 5.02 Å². The summed E-state index contributed by atoms with van der Waals surface area (Å²) >= 11 is 7.75. The van der Waals surface area contributed by atoms with E-state index in [1.165, 1.54) is 5.56 Å². The molecule has 0 aliphatic carbocycles. The average molecular weight is 294 g/mol. The summed E-state index contributed by atoms with van der Waals surface area (Å²) in [6.07, 6.45) is 1.12. The Hall–Kier alpha value is -0.830. The quantitative estimate of drug-likeness (QED) is 0.830. The first-order valence-electron chi connectivity index (χ1n) is 6.54. The van der Waals surface area contributed by atoms with Gasteiger partial charge < -0.3 is 5.73 Å². The Morgan fingerprint density at radius 2 is 1.84 bits per heavy atom. The summed E-state index contributed by atoms with van der Waals surface area (Å²) < 4.78 is 0. The van der Waals surface area contributed by atoms with Gasteiger partial charge in [0, 0.05) is 4.88 Å². The van der Waals surface area contributed by atoms with Crippen LogP contribution in [0.3, 0.4) is 0 Å². The van der Waals surface area contributed by atoms with E-state index in [2.05, 4.69) is 45.0 Å². The molecule has 0 saturated carbocycles. The maximum absolute atomic E-state index is 6.28. The summed E-state index contributed by atoms with van der Waals surface area (Å²) in [5, 5.41) is 2.74. The summed E-state index contributed by atoms with van der Waals surface area (Å²) in [6.45, 7) is 6.74. The minimum Gasteiger partial charge on any atom is -0.320 e. The van der Waals surface area contributed by atoms with Crippen LogP contribution in [0.15, 0.2) is 35.7 Å². The fraction of sp³-hybridized carbons (Fsp3) is 0.375. The molecule has 0 saturated heterocycles. The molecule has 0 bridgehead atoms. The summed E-state index contributed by atoms with van der Waals surface area (Å²) in [5.74, 6) is 0. The van der Waals surface area contributed by atoms with E-state index < -0.39 is 0 Å². The van der Waals surface area contributed by atoms with E-state index in [1.807, 2.05) is 11.4 Å². The van der Waals surface area contributed by atoms with Crippen LogP contribution in [0.25, 0.3) is 0 Å². The van der Waals surface area contributed by atoms with E-state index in [0.717, 1.165) is 21.9 Å². The second-order valence-corrected chi connectivity index (χ2v) is 6.82. The van der Waals surface area contributed by atoms with Crippen molar-refractivity contribution in [2.75, 3.05) is 0 Å². The van der Waals surface area contributed by atoms with Gasteiger partial charge in [-0.3, -0.25) is 0 Å². The molecule has 0 spiro atoms. The maximum atomic E-state index is 6.28. The van der Waals surface area contributed by atoms with Crippen LogP contribution in [-0.2, 0) is 5.41 Å². The van der Waals surface area contributed by atoms with Crippen molar-refractivity contribution in [3.63, 3.8) is 0 Å². The average Bonchev–Trinajstić information content (AvgIpc) is 2.84. The molecule has 2 rings (SSSR count). The van der Waals surface area contributed by atoms with Gasteiger partial charge in [-0.1, -0.05) is 56.6 Å². The van der Waals surface area contributed by atoms with Crippen LogP contribution < -0.4 is 5.73 Å². The van der Waals surface area contributed by atoms with Crippen molar-refractivity contribution in [3.8, 4) is 0 Å². The molecular formula is C16H20ClNS. The van der Waals surface area contributed by atoms with E-state index >= 15 is 0 Å². The Labute approximate surface area is 124 Å². The van der Waals surface area contributed by atoms with Crippen LogP contribution in [0, 0.1) is 0 Å². The van der Waals surface area contributed by atoms with Gasteiger partial charge in [-0.15, -0.1) is 11.3 Å². The fourth-order valence-corrected chi connectivity index (χ4v) is 3.23. The van der Waals surface area contributed by atoms with Gasteiger partial charge in [0.05, 0.1) is 11.1 Å². The first-order valence-corrected chi connectivity index (χ1v) is 7.80. The van der Waals surface area contributed by atoms with Crippen molar-refractivity contribution in [2.24, 2.45) is 5.73 Å².